The van der Waals surface area contributed by atoms with E-state index in [1.54, 1.807) is 24.5 Å². The molecule has 42 heavy (non-hydrogen) atoms. The molecule has 220 valence electrons. The Bertz CT molecular complexity index is 1700. The number of nitrogens with zero attached hydrogens (tertiary/aromatic N) is 6. The van der Waals surface area contributed by atoms with Crippen molar-refractivity contribution in [2.24, 2.45) is 0 Å². The van der Waals surface area contributed by atoms with Crippen LogP contribution in [-0.4, -0.2) is 59.5 Å². The van der Waals surface area contributed by atoms with Crippen LogP contribution in [0.5, 0.6) is 0 Å². The Kier molecular flexibility index (Phi) is 7.35. The third kappa shape index (κ3) is 6.09. The number of hydrogen-bond donors (Lipinski definition) is 3. The van der Waals surface area contributed by atoms with Gasteiger partial charge in [0.05, 0.1) is 34.5 Å². The molecule has 0 spiro atoms. The average molecular weight is 597 g/mol. The highest BCUT2D eigenvalue weighted by Crippen LogP contribution is 2.35. The molecule has 2 aliphatic carbocycles. The summed E-state index contributed by atoms with van der Waals surface area (Å²) in [5.41, 5.74) is 1.18. The van der Waals surface area contributed by atoms with Gasteiger partial charge in [0, 0.05) is 47.5 Å². The molecule has 0 bridgehead atoms. The number of alkyl halides is 2. The van der Waals surface area contributed by atoms with E-state index in [0.717, 1.165) is 16.9 Å². The Morgan fingerprint density at radius 3 is 2.52 bits per heavy atom. The van der Waals surface area contributed by atoms with Crippen molar-refractivity contribution in [2.45, 2.75) is 68.8 Å². The standard InChI is InChI=1S/C28H30F2N8O3S/c1-28(39)8-4-19(5-9-28)35-23-13-25(33-15-21(23)22-12-17(26(29)30)6-10-31-22)36-24-7-11-32-27(37-24)18-14-34-38(16-18)42(40,41)20-2-3-20/h6-7,10-16,19-20,26,39H,2-5,8-9H2,1H3,(H2,32,33,35,36,37). The van der Waals surface area contributed by atoms with E-state index in [2.05, 4.69) is 35.7 Å². The molecule has 2 saturated carbocycles. The van der Waals surface area contributed by atoms with Crippen molar-refractivity contribution in [3.63, 3.8) is 0 Å². The van der Waals surface area contributed by atoms with Gasteiger partial charge in [-0.15, -0.1) is 0 Å². The number of anilines is 3. The lowest BCUT2D eigenvalue weighted by atomic mass is 9.83. The summed E-state index contributed by atoms with van der Waals surface area (Å²) in [5, 5.41) is 20.7. The van der Waals surface area contributed by atoms with Crippen LogP contribution >= 0.6 is 0 Å². The van der Waals surface area contributed by atoms with E-state index in [1.807, 2.05) is 6.92 Å². The molecular weight excluding hydrogens is 566 g/mol. The Morgan fingerprint density at radius 2 is 1.79 bits per heavy atom. The highest BCUT2D eigenvalue weighted by molar-refractivity contribution is 7.90. The first kappa shape index (κ1) is 28.1. The molecule has 4 heterocycles. The molecule has 0 atom stereocenters. The normalized spacial score (nSPS) is 20.9. The number of pyridine rings is 2. The summed E-state index contributed by atoms with van der Waals surface area (Å²) in [6.07, 6.45) is 8.65. The van der Waals surface area contributed by atoms with Crippen molar-refractivity contribution in [1.82, 2.24) is 29.1 Å². The van der Waals surface area contributed by atoms with Gasteiger partial charge in [-0.1, -0.05) is 0 Å². The topological polar surface area (TPSA) is 148 Å². The molecule has 0 radical (unpaired) electrons. The first-order chi connectivity index (χ1) is 20.1. The van der Waals surface area contributed by atoms with Crippen molar-refractivity contribution in [2.75, 3.05) is 10.6 Å². The molecule has 6 rings (SSSR count). The van der Waals surface area contributed by atoms with Crippen LogP contribution in [0.3, 0.4) is 0 Å². The second-order valence-corrected chi connectivity index (χ2v) is 13.1. The van der Waals surface area contributed by atoms with Gasteiger partial charge in [0.25, 0.3) is 16.4 Å². The molecule has 0 aliphatic heterocycles. The third-order valence-corrected chi connectivity index (χ3v) is 9.61. The van der Waals surface area contributed by atoms with Crippen LogP contribution in [-0.2, 0) is 10.0 Å². The third-order valence-electron chi connectivity index (χ3n) is 7.57. The summed E-state index contributed by atoms with van der Waals surface area (Å²) < 4.78 is 52.9. The molecule has 0 unspecified atom stereocenters. The predicted octanol–water partition coefficient (Wildman–Crippen LogP) is 4.92. The molecule has 2 aliphatic rings. The van der Waals surface area contributed by atoms with Crippen molar-refractivity contribution in [3.8, 4) is 22.6 Å². The minimum absolute atomic E-state index is 0.0617. The van der Waals surface area contributed by atoms with Crippen LogP contribution in [0.4, 0.5) is 26.1 Å². The predicted molar refractivity (Wildman–Crippen MR) is 153 cm³/mol. The molecule has 4 aromatic rings. The van der Waals surface area contributed by atoms with Crippen molar-refractivity contribution in [1.29, 1.82) is 0 Å². The fourth-order valence-electron chi connectivity index (χ4n) is 4.96. The van der Waals surface area contributed by atoms with Gasteiger partial charge in [0.2, 0.25) is 0 Å². The maximum absolute atomic E-state index is 13.4. The van der Waals surface area contributed by atoms with Gasteiger partial charge in [0.1, 0.15) is 11.6 Å². The number of rotatable bonds is 9. The second kappa shape index (κ2) is 11.0. The largest absolute Gasteiger partial charge is 0.390 e. The van der Waals surface area contributed by atoms with Gasteiger partial charge in [0.15, 0.2) is 5.82 Å². The Balaban J connectivity index is 1.27. The number of halogens is 2. The SMILES string of the molecule is CC1(O)CCC(Nc2cc(Nc3ccnc(-c4cnn(S(=O)(=O)C5CC5)c4)n3)ncc2-c2cc(C(F)F)ccn2)CC1. The Hall–Kier alpha value is -4.04. The number of aliphatic hydroxyl groups is 1. The summed E-state index contributed by atoms with van der Waals surface area (Å²) in [6, 6.07) is 6.11. The van der Waals surface area contributed by atoms with Crippen LogP contribution in [0.25, 0.3) is 22.6 Å². The van der Waals surface area contributed by atoms with Gasteiger partial charge in [-0.2, -0.15) is 9.19 Å². The Morgan fingerprint density at radius 1 is 1.02 bits per heavy atom. The first-order valence-electron chi connectivity index (χ1n) is 13.7. The summed E-state index contributed by atoms with van der Waals surface area (Å²) in [5.74, 6) is 1.13. The highest BCUT2D eigenvalue weighted by Gasteiger charge is 2.37. The van der Waals surface area contributed by atoms with Crippen molar-refractivity contribution < 1.29 is 22.3 Å². The minimum atomic E-state index is -3.51. The van der Waals surface area contributed by atoms with E-state index in [0.29, 0.717) is 59.8 Å². The van der Waals surface area contributed by atoms with E-state index >= 15 is 0 Å². The van der Waals surface area contributed by atoms with Crippen LogP contribution < -0.4 is 10.6 Å². The lowest BCUT2D eigenvalue weighted by Crippen LogP contribution is -2.35. The average Bonchev–Trinajstić information content (AvgIpc) is 3.71. The summed E-state index contributed by atoms with van der Waals surface area (Å²) in [4.78, 5) is 17.6. The molecule has 0 aromatic carbocycles. The lowest BCUT2D eigenvalue weighted by Gasteiger charge is -2.34. The molecule has 4 aromatic heterocycles. The Labute approximate surface area is 241 Å². The van der Waals surface area contributed by atoms with E-state index in [-0.39, 0.29) is 17.4 Å². The van der Waals surface area contributed by atoms with Gasteiger partial charge in [-0.25, -0.2) is 32.2 Å². The van der Waals surface area contributed by atoms with Gasteiger partial charge in [-0.3, -0.25) is 4.98 Å². The molecule has 14 heteroatoms. The zero-order valence-corrected chi connectivity index (χ0v) is 23.6. The maximum Gasteiger partial charge on any atom is 0.263 e. The highest BCUT2D eigenvalue weighted by atomic mass is 32.2. The zero-order valence-electron chi connectivity index (χ0n) is 22.8. The lowest BCUT2D eigenvalue weighted by molar-refractivity contribution is 0.0196. The zero-order chi connectivity index (χ0) is 29.5. The van der Waals surface area contributed by atoms with Gasteiger partial charge >= 0.3 is 0 Å². The second-order valence-electron chi connectivity index (χ2n) is 11.0. The van der Waals surface area contributed by atoms with Crippen molar-refractivity contribution >= 4 is 27.3 Å². The van der Waals surface area contributed by atoms with Crippen LogP contribution in [0.2, 0.25) is 0 Å². The molecule has 0 saturated heterocycles. The first-order valence-corrected chi connectivity index (χ1v) is 15.2. The van der Waals surface area contributed by atoms with Gasteiger partial charge in [-0.05, 0) is 63.6 Å². The van der Waals surface area contributed by atoms with Gasteiger partial charge < -0.3 is 15.7 Å². The monoisotopic (exact) mass is 596 g/mol. The molecule has 0 amide bonds. The fourth-order valence-corrected chi connectivity index (χ4v) is 6.43. The van der Waals surface area contributed by atoms with Crippen LogP contribution in [0, 0.1) is 0 Å². The van der Waals surface area contributed by atoms with Crippen LogP contribution in [0.1, 0.15) is 57.4 Å². The quantitative estimate of drug-likeness (QED) is 0.243. The number of hydrogen-bond acceptors (Lipinski definition) is 10. The molecular formula is C28H30F2N8O3S. The minimum Gasteiger partial charge on any atom is -0.390 e. The van der Waals surface area contributed by atoms with Crippen molar-refractivity contribution in [3.05, 3.63) is 60.8 Å². The fraction of sp³-hybridized carbons (Fsp3) is 0.393. The molecule has 2 fully saturated rings. The summed E-state index contributed by atoms with van der Waals surface area (Å²) in [7, 11) is -3.51. The van der Waals surface area contributed by atoms with E-state index in [9.17, 15) is 22.3 Å². The smallest absolute Gasteiger partial charge is 0.263 e. The number of nitrogens with one attached hydrogen (secondary N) is 2. The van der Waals surface area contributed by atoms with E-state index < -0.39 is 27.3 Å². The maximum atomic E-state index is 13.4. The van der Waals surface area contributed by atoms with Crippen LogP contribution in [0.15, 0.2) is 55.2 Å². The number of aromatic nitrogens is 6. The molecule has 11 nitrogen and oxygen atoms in total. The summed E-state index contributed by atoms with van der Waals surface area (Å²) in [6.45, 7) is 1.83. The molecule has 3 N–H and O–H groups in total. The van der Waals surface area contributed by atoms with E-state index in [1.165, 1.54) is 30.7 Å². The van der Waals surface area contributed by atoms with E-state index in [4.69, 9.17) is 0 Å². The summed E-state index contributed by atoms with van der Waals surface area (Å²) >= 11 is 0.